The minimum Gasteiger partial charge on any atom is -0.258 e. The third kappa shape index (κ3) is 2.84. The Morgan fingerprint density at radius 2 is 1.79 bits per heavy atom. The molecule has 0 unspecified atom stereocenters. The molecule has 0 aromatic heterocycles. The number of nitrogens with zero attached hydrogens (tertiary/aromatic N) is 1. The lowest BCUT2D eigenvalue weighted by Gasteiger charge is -2.08. The van der Waals surface area contributed by atoms with E-state index >= 15 is 0 Å². The van der Waals surface area contributed by atoms with Gasteiger partial charge in [0.05, 0.1) is 15.0 Å². The molecule has 0 radical (unpaired) electrons. The SMILES string of the molecule is Cc1ccc(-c2cc(Cl)cc(Cl)c2Cl)cc1[N+](=O)[O-]. The Labute approximate surface area is 124 Å². The van der Waals surface area contributed by atoms with Crippen molar-refractivity contribution in [3.05, 3.63) is 61.1 Å². The molecule has 0 aliphatic rings. The first kappa shape index (κ1) is 14.1. The van der Waals surface area contributed by atoms with E-state index in [1.54, 1.807) is 25.1 Å². The van der Waals surface area contributed by atoms with Crippen molar-refractivity contribution < 1.29 is 4.92 Å². The lowest BCUT2D eigenvalue weighted by molar-refractivity contribution is -0.385. The van der Waals surface area contributed by atoms with E-state index in [0.717, 1.165) is 0 Å². The van der Waals surface area contributed by atoms with Gasteiger partial charge in [0.15, 0.2) is 0 Å². The average Bonchev–Trinajstić information content (AvgIpc) is 2.34. The van der Waals surface area contributed by atoms with Crippen LogP contribution in [0.5, 0.6) is 0 Å². The highest BCUT2D eigenvalue weighted by molar-refractivity contribution is 6.45. The van der Waals surface area contributed by atoms with Crippen molar-refractivity contribution in [2.45, 2.75) is 6.92 Å². The van der Waals surface area contributed by atoms with E-state index in [1.165, 1.54) is 12.1 Å². The molecule has 0 saturated carbocycles. The van der Waals surface area contributed by atoms with E-state index in [4.69, 9.17) is 34.8 Å². The summed E-state index contributed by atoms with van der Waals surface area (Å²) in [5, 5.41) is 12.0. The second kappa shape index (κ2) is 5.37. The minimum absolute atomic E-state index is 0.0321. The van der Waals surface area contributed by atoms with Crippen molar-refractivity contribution in [2.24, 2.45) is 0 Å². The van der Waals surface area contributed by atoms with Crippen LogP contribution < -0.4 is 0 Å². The molecule has 0 amide bonds. The maximum Gasteiger partial charge on any atom is 0.272 e. The third-order valence-electron chi connectivity index (χ3n) is 2.71. The molecule has 0 fully saturated rings. The van der Waals surface area contributed by atoms with Crippen molar-refractivity contribution in [2.75, 3.05) is 0 Å². The van der Waals surface area contributed by atoms with Crippen LogP contribution in [0.25, 0.3) is 11.1 Å². The van der Waals surface area contributed by atoms with Crippen molar-refractivity contribution in [1.82, 2.24) is 0 Å². The summed E-state index contributed by atoms with van der Waals surface area (Å²) in [6.07, 6.45) is 0. The zero-order valence-electron chi connectivity index (χ0n) is 9.78. The van der Waals surface area contributed by atoms with Gasteiger partial charge in [0.2, 0.25) is 0 Å². The maximum absolute atomic E-state index is 10.9. The van der Waals surface area contributed by atoms with Gasteiger partial charge in [-0.05, 0) is 24.6 Å². The van der Waals surface area contributed by atoms with E-state index in [1.807, 2.05) is 0 Å². The number of nitro groups is 1. The van der Waals surface area contributed by atoms with Gasteiger partial charge in [0.1, 0.15) is 0 Å². The van der Waals surface area contributed by atoms with Crippen molar-refractivity contribution >= 4 is 40.5 Å². The lowest BCUT2D eigenvalue weighted by Crippen LogP contribution is -1.92. The normalized spacial score (nSPS) is 10.5. The van der Waals surface area contributed by atoms with Crippen LogP contribution in [0.4, 0.5) is 5.69 Å². The summed E-state index contributed by atoms with van der Waals surface area (Å²) in [5.41, 5.74) is 1.79. The zero-order valence-corrected chi connectivity index (χ0v) is 12.1. The Bertz CT molecular complexity index is 671. The van der Waals surface area contributed by atoms with E-state index in [0.29, 0.717) is 31.8 Å². The largest absolute Gasteiger partial charge is 0.272 e. The maximum atomic E-state index is 10.9. The molecule has 0 bridgehead atoms. The second-order valence-corrected chi connectivity index (χ2v) is 5.23. The summed E-state index contributed by atoms with van der Waals surface area (Å²) in [5.74, 6) is 0. The Balaban J connectivity index is 2.66. The summed E-state index contributed by atoms with van der Waals surface area (Å²) in [7, 11) is 0. The Kier molecular flexibility index (Phi) is 3.99. The molecule has 0 saturated heterocycles. The third-order valence-corrected chi connectivity index (χ3v) is 3.73. The highest BCUT2D eigenvalue weighted by atomic mass is 35.5. The van der Waals surface area contributed by atoms with Crippen LogP contribution in [-0.2, 0) is 0 Å². The second-order valence-electron chi connectivity index (χ2n) is 4.01. The number of hydrogen-bond donors (Lipinski definition) is 0. The summed E-state index contributed by atoms with van der Waals surface area (Å²) in [6.45, 7) is 1.68. The van der Waals surface area contributed by atoms with Gasteiger partial charge in [-0.2, -0.15) is 0 Å². The Morgan fingerprint density at radius 3 is 2.42 bits per heavy atom. The number of benzene rings is 2. The smallest absolute Gasteiger partial charge is 0.258 e. The molecule has 98 valence electrons. The first-order chi connectivity index (χ1) is 8.90. The van der Waals surface area contributed by atoms with Crippen LogP contribution in [0.2, 0.25) is 15.1 Å². The Hall–Kier alpha value is -1.29. The predicted molar refractivity (Wildman–Crippen MR) is 78.3 cm³/mol. The molecule has 3 nitrogen and oxygen atoms in total. The molecule has 0 atom stereocenters. The predicted octanol–water partition coefficient (Wildman–Crippen LogP) is 5.53. The molecular weight excluding hydrogens is 309 g/mol. The van der Waals surface area contributed by atoms with Gasteiger partial charge in [-0.25, -0.2) is 0 Å². The number of hydrogen-bond acceptors (Lipinski definition) is 2. The van der Waals surface area contributed by atoms with Crippen LogP contribution >= 0.6 is 34.8 Å². The highest BCUT2D eigenvalue weighted by Crippen LogP contribution is 2.37. The van der Waals surface area contributed by atoms with E-state index in [9.17, 15) is 10.1 Å². The first-order valence-corrected chi connectivity index (χ1v) is 6.43. The minimum atomic E-state index is -0.432. The van der Waals surface area contributed by atoms with Gasteiger partial charge < -0.3 is 0 Å². The molecule has 19 heavy (non-hydrogen) atoms. The number of halogens is 3. The quantitative estimate of drug-likeness (QED) is 0.415. The summed E-state index contributed by atoms with van der Waals surface area (Å²) in [6, 6.07) is 8.03. The van der Waals surface area contributed by atoms with Gasteiger partial charge >= 0.3 is 0 Å². The van der Waals surface area contributed by atoms with E-state index in [2.05, 4.69) is 0 Å². The fourth-order valence-electron chi connectivity index (χ4n) is 1.74. The molecular formula is C13H8Cl3NO2. The average molecular weight is 317 g/mol. The lowest BCUT2D eigenvalue weighted by atomic mass is 10.0. The van der Waals surface area contributed by atoms with E-state index < -0.39 is 4.92 Å². The molecule has 0 spiro atoms. The zero-order chi connectivity index (χ0) is 14.2. The molecule has 2 rings (SSSR count). The van der Waals surface area contributed by atoms with Crippen LogP contribution in [0, 0.1) is 17.0 Å². The highest BCUT2D eigenvalue weighted by Gasteiger charge is 2.15. The van der Waals surface area contributed by atoms with Crippen LogP contribution in [0.15, 0.2) is 30.3 Å². The molecule has 0 aliphatic carbocycles. The first-order valence-electron chi connectivity index (χ1n) is 5.30. The van der Waals surface area contributed by atoms with E-state index in [-0.39, 0.29) is 5.69 Å². The molecule has 2 aromatic rings. The number of nitro benzene ring substituents is 1. The van der Waals surface area contributed by atoms with Gasteiger partial charge in [-0.1, -0.05) is 46.9 Å². The van der Waals surface area contributed by atoms with Gasteiger partial charge in [0.25, 0.3) is 5.69 Å². The van der Waals surface area contributed by atoms with Crippen LogP contribution in [0.3, 0.4) is 0 Å². The molecule has 0 heterocycles. The Morgan fingerprint density at radius 1 is 1.11 bits per heavy atom. The molecule has 0 N–H and O–H groups in total. The van der Waals surface area contributed by atoms with Gasteiger partial charge in [0, 0.05) is 22.2 Å². The monoisotopic (exact) mass is 315 g/mol. The van der Waals surface area contributed by atoms with Crippen molar-refractivity contribution in [1.29, 1.82) is 0 Å². The van der Waals surface area contributed by atoms with Crippen LogP contribution in [0.1, 0.15) is 5.56 Å². The summed E-state index contributed by atoms with van der Waals surface area (Å²) < 4.78 is 0. The fourth-order valence-corrected chi connectivity index (χ4v) is 2.45. The topological polar surface area (TPSA) is 43.1 Å². The van der Waals surface area contributed by atoms with Crippen molar-refractivity contribution in [3.8, 4) is 11.1 Å². The molecule has 6 heteroatoms. The number of rotatable bonds is 2. The summed E-state index contributed by atoms with van der Waals surface area (Å²) >= 11 is 18.0. The summed E-state index contributed by atoms with van der Waals surface area (Å²) in [4.78, 5) is 10.5. The fraction of sp³-hybridized carbons (Fsp3) is 0.0769. The van der Waals surface area contributed by atoms with Gasteiger partial charge in [-0.3, -0.25) is 10.1 Å². The van der Waals surface area contributed by atoms with Gasteiger partial charge in [-0.15, -0.1) is 0 Å². The van der Waals surface area contributed by atoms with Crippen LogP contribution in [-0.4, -0.2) is 4.92 Å². The molecule has 2 aromatic carbocycles. The standard InChI is InChI=1S/C13H8Cl3NO2/c1-7-2-3-8(4-12(7)17(18)19)10-5-9(14)6-11(15)13(10)16/h2-6H,1H3. The van der Waals surface area contributed by atoms with Crippen molar-refractivity contribution in [3.63, 3.8) is 0 Å². The number of aryl methyl sites for hydroxylation is 1. The molecule has 0 aliphatic heterocycles.